The van der Waals surface area contributed by atoms with Crippen molar-refractivity contribution in [3.8, 4) is 0 Å². The van der Waals surface area contributed by atoms with Crippen molar-refractivity contribution in [2.24, 2.45) is 23.2 Å². The molecule has 3 nitrogen and oxygen atoms in total. The zero-order valence-electron chi connectivity index (χ0n) is 12.0. The molecule has 4 aliphatic rings. The summed E-state index contributed by atoms with van der Waals surface area (Å²) in [6.45, 7) is 3.31. The van der Waals surface area contributed by atoms with Crippen molar-refractivity contribution in [1.82, 2.24) is 14.8 Å². The minimum Gasteiger partial charge on any atom is -0.318 e. The third-order valence-electron chi connectivity index (χ3n) is 5.86. The van der Waals surface area contributed by atoms with Crippen molar-refractivity contribution < 1.29 is 0 Å². The topological polar surface area (TPSA) is 30.7 Å². The van der Waals surface area contributed by atoms with Gasteiger partial charge in [-0.05, 0) is 68.1 Å². The highest BCUT2D eigenvalue weighted by Crippen LogP contribution is 2.60. The van der Waals surface area contributed by atoms with E-state index < -0.39 is 0 Å². The number of rotatable bonds is 4. The van der Waals surface area contributed by atoms with Crippen molar-refractivity contribution >= 4 is 0 Å². The third kappa shape index (κ3) is 2.02. The highest BCUT2D eigenvalue weighted by atomic mass is 15.3. The summed E-state index contributed by atoms with van der Waals surface area (Å²) in [7, 11) is 0. The van der Waals surface area contributed by atoms with Gasteiger partial charge in [0.1, 0.15) is 12.2 Å². The van der Waals surface area contributed by atoms with Crippen LogP contribution in [0.2, 0.25) is 0 Å². The molecule has 0 saturated heterocycles. The van der Waals surface area contributed by atoms with Crippen molar-refractivity contribution in [2.45, 2.75) is 64.8 Å². The summed E-state index contributed by atoms with van der Waals surface area (Å²) in [5.74, 6) is 4.36. The van der Waals surface area contributed by atoms with Crippen LogP contribution in [-0.4, -0.2) is 14.8 Å². The lowest BCUT2D eigenvalue weighted by atomic mass is 9.49. The van der Waals surface area contributed by atoms with E-state index in [0.29, 0.717) is 5.41 Å². The zero-order valence-corrected chi connectivity index (χ0v) is 12.0. The molecule has 1 heterocycles. The van der Waals surface area contributed by atoms with E-state index in [2.05, 4.69) is 21.7 Å². The molecule has 0 aliphatic heterocycles. The summed E-state index contributed by atoms with van der Waals surface area (Å²) in [5, 5.41) is 8.58. The van der Waals surface area contributed by atoms with Crippen LogP contribution in [-0.2, 0) is 13.0 Å². The number of aryl methyl sites for hydroxylation is 1. The molecule has 0 unspecified atom stereocenters. The number of aromatic nitrogens is 3. The quantitative estimate of drug-likeness (QED) is 0.829. The lowest BCUT2D eigenvalue weighted by Gasteiger charge is -2.56. The fourth-order valence-corrected chi connectivity index (χ4v) is 5.69. The predicted octanol–water partition coefficient (Wildman–Crippen LogP) is 3.45. The first-order chi connectivity index (χ1) is 9.26. The first-order valence-corrected chi connectivity index (χ1v) is 8.13. The van der Waals surface area contributed by atoms with E-state index in [9.17, 15) is 0 Å². The summed E-state index contributed by atoms with van der Waals surface area (Å²) >= 11 is 0. The molecule has 0 radical (unpaired) electrons. The average molecular weight is 259 g/mol. The van der Waals surface area contributed by atoms with Crippen LogP contribution in [0.25, 0.3) is 0 Å². The number of nitrogens with zero attached hydrogens (tertiary/aromatic N) is 3. The Morgan fingerprint density at radius 2 is 1.79 bits per heavy atom. The second-order valence-corrected chi connectivity index (χ2v) is 7.53. The Balaban J connectivity index is 1.57. The molecule has 1 aromatic rings. The molecule has 0 N–H and O–H groups in total. The highest BCUT2D eigenvalue weighted by Gasteiger charge is 2.51. The lowest BCUT2D eigenvalue weighted by Crippen LogP contribution is -2.47. The van der Waals surface area contributed by atoms with Crippen molar-refractivity contribution in [3.05, 3.63) is 12.2 Å². The maximum absolute atomic E-state index is 4.42. The van der Waals surface area contributed by atoms with Gasteiger partial charge in [-0.2, -0.15) is 0 Å². The maximum Gasteiger partial charge on any atom is 0.133 e. The minimum atomic E-state index is 0.591. The van der Waals surface area contributed by atoms with Crippen molar-refractivity contribution in [1.29, 1.82) is 0 Å². The molecule has 4 fully saturated rings. The molecule has 5 rings (SSSR count). The highest BCUT2D eigenvalue weighted by molar-refractivity contribution is 5.05. The maximum atomic E-state index is 4.42. The average Bonchev–Trinajstić information content (AvgIpc) is 2.74. The summed E-state index contributed by atoms with van der Waals surface area (Å²) in [6.07, 6.45) is 13.3. The second kappa shape index (κ2) is 4.32. The SMILES string of the molecule is CCCn1cnnc1CC12CC3CC(CC(C3)C1)C2. The molecule has 0 aromatic carbocycles. The molecule has 1 aromatic heterocycles. The number of hydrogen-bond acceptors (Lipinski definition) is 2. The fraction of sp³-hybridized carbons (Fsp3) is 0.875. The first-order valence-electron chi connectivity index (χ1n) is 8.13. The van der Waals surface area contributed by atoms with Gasteiger partial charge in [0.05, 0.1) is 0 Å². The minimum absolute atomic E-state index is 0.591. The molecule has 4 saturated carbocycles. The van der Waals surface area contributed by atoms with E-state index in [-0.39, 0.29) is 0 Å². The Bertz CT molecular complexity index is 427. The van der Waals surface area contributed by atoms with Gasteiger partial charge in [-0.1, -0.05) is 6.92 Å². The van der Waals surface area contributed by atoms with Crippen LogP contribution in [0, 0.1) is 23.2 Å². The summed E-state index contributed by atoms with van der Waals surface area (Å²) in [4.78, 5) is 0. The molecule has 4 bridgehead atoms. The smallest absolute Gasteiger partial charge is 0.133 e. The van der Waals surface area contributed by atoms with Crippen LogP contribution < -0.4 is 0 Å². The van der Waals surface area contributed by atoms with Crippen LogP contribution >= 0.6 is 0 Å². The monoisotopic (exact) mass is 259 g/mol. The normalized spacial score (nSPS) is 39.9. The lowest BCUT2D eigenvalue weighted by molar-refractivity contribution is -0.0535. The van der Waals surface area contributed by atoms with Crippen molar-refractivity contribution in [3.63, 3.8) is 0 Å². The van der Waals surface area contributed by atoms with E-state index in [1.807, 2.05) is 6.33 Å². The Morgan fingerprint density at radius 1 is 1.16 bits per heavy atom. The molecule has 0 spiro atoms. The van der Waals surface area contributed by atoms with Gasteiger partial charge in [0, 0.05) is 13.0 Å². The fourth-order valence-electron chi connectivity index (χ4n) is 5.69. The summed E-state index contributed by atoms with van der Waals surface area (Å²) in [6, 6.07) is 0. The van der Waals surface area contributed by atoms with Crippen molar-refractivity contribution in [2.75, 3.05) is 0 Å². The van der Waals surface area contributed by atoms with Gasteiger partial charge in [-0.25, -0.2) is 0 Å². The number of hydrogen-bond donors (Lipinski definition) is 0. The first kappa shape index (κ1) is 11.9. The van der Waals surface area contributed by atoms with Crippen LogP contribution in [0.3, 0.4) is 0 Å². The molecule has 19 heavy (non-hydrogen) atoms. The molecule has 3 heteroatoms. The van der Waals surface area contributed by atoms with E-state index in [0.717, 1.165) is 24.3 Å². The molecule has 0 atom stereocenters. The Hall–Kier alpha value is -0.860. The van der Waals surface area contributed by atoms with Gasteiger partial charge in [-0.3, -0.25) is 0 Å². The van der Waals surface area contributed by atoms with Crippen LogP contribution in [0.5, 0.6) is 0 Å². The van der Waals surface area contributed by atoms with Gasteiger partial charge in [0.25, 0.3) is 0 Å². The molecule has 104 valence electrons. The Kier molecular flexibility index (Phi) is 2.71. The standard InChI is InChI=1S/C16H25N3/c1-2-3-19-11-17-18-15(19)10-16-7-12-4-13(8-16)6-14(5-12)9-16/h11-14H,2-10H2,1H3. The van der Waals surface area contributed by atoms with Crippen LogP contribution in [0.15, 0.2) is 6.33 Å². The molecule has 0 amide bonds. The van der Waals surface area contributed by atoms with Gasteiger partial charge in [-0.15, -0.1) is 10.2 Å². The Morgan fingerprint density at radius 3 is 2.37 bits per heavy atom. The second-order valence-electron chi connectivity index (χ2n) is 7.53. The molecule has 4 aliphatic carbocycles. The van der Waals surface area contributed by atoms with Gasteiger partial charge in [0.15, 0.2) is 0 Å². The van der Waals surface area contributed by atoms with Crippen LogP contribution in [0.4, 0.5) is 0 Å². The third-order valence-corrected chi connectivity index (χ3v) is 5.86. The Labute approximate surface area is 115 Å². The van der Waals surface area contributed by atoms with Gasteiger partial charge >= 0.3 is 0 Å². The molecular weight excluding hydrogens is 234 g/mol. The summed E-state index contributed by atoms with van der Waals surface area (Å²) < 4.78 is 2.29. The van der Waals surface area contributed by atoms with Crippen LogP contribution in [0.1, 0.15) is 57.7 Å². The van der Waals surface area contributed by atoms with E-state index in [1.54, 1.807) is 0 Å². The van der Waals surface area contributed by atoms with E-state index in [4.69, 9.17) is 0 Å². The van der Waals surface area contributed by atoms with E-state index in [1.165, 1.54) is 57.2 Å². The van der Waals surface area contributed by atoms with Gasteiger partial charge in [0.2, 0.25) is 0 Å². The largest absolute Gasteiger partial charge is 0.318 e. The molecular formula is C16H25N3. The summed E-state index contributed by atoms with van der Waals surface area (Å²) in [5.41, 5.74) is 0.591. The van der Waals surface area contributed by atoms with E-state index >= 15 is 0 Å². The zero-order chi connectivity index (χ0) is 12.9. The predicted molar refractivity (Wildman–Crippen MR) is 74.6 cm³/mol. The van der Waals surface area contributed by atoms with Gasteiger partial charge < -0.3 is 4.57 Å².